The molecule has 9 heteroatoms. The summed E-state index contributed by atoms with van der Waals surface area (Å²) in [4.78, 5) is 13.2. The fourth-order valence-corrected chi connectivity index (χ4v) is 3.24. The van der Waals surface area contributed by atoms with Crippen LogP contribution in [0.2, 0.25) is 0 Å². The molecular formula is C22H20F3N5O. The van der Waals surface area contributed by atoms with Gasteiger partial charge in [-0.15, -0.1) is 0 Å². The van der Waals surface area contributed by atoms with Gasteiger partial charge in [0.15, 0.2) is 0 Å². The molecule has 0 amide bonds. The van der Waals surface area contributed by atoms with E-state index in [0.717, 1.165) is 17.7 Å². The lowest BCUT2D eigenvalue weighted by Crippen LogP contribution is -2.08. The molecule has 0 bridgehead atoms. The van der Waals surface area contributed by atoms with Gasteiger partial charge in [-0.05, 0) is 49.7 Å². The Hall–Kier alpha value is -3.46. The zero-order valence-corrected chi connectivity index (χ0v) is 16.9. The summed E-state index contributed by atoms with van der Waals surface area (Å²) in [6.07, 6.45) is -1.27. The maximum Gasteiger partial charge on any atom is 0.416 e. The highest BCUT2D eigenvalue weighted by Gasteiger charge is 2.31. The molecule has 1 aromatic carbocycles. The minimum atomic E-state index is -4.46. The van der Waals surface area contributed by atoms with Gasteiger partial charge >= 0.3 is 12.2 Å². The summed E-state index contributed by atoms with van der Waals surface area (Å²) in [5, 5.41) is 0. The van der Waals surface area contributed by atoms with E-state index in [1.807, 2.05) is 19.9 Å². The first kappa shape index (κ1) is 20.8. The molecule has 0 spiro atoms. The van der Waals surface area contributed by atoms with E-state index in [1.165, 1.54) is 6.07 Å². The van der Waals surface area contributed by atoms with Crippen LogP contribution >= 0.6 is 0 Å². The molecule has 0 fully saturated rings. The van der Waals surface area contributed by atoms with E-state index in [1.54, 1.807) is 35.0 Å². The van der Waals surface area contributed by atoms with Crippen LogP contribution in [0.25, 0.3) is 28.3 Å². The van der Waals surface area contributed by atoms with Crippen molar-refractivity contribution >= 4 is 5.65 Å². The van der Waals surface area contributed by atoms with E-state index in [0.29, 0.717) is 34.8 Å². The Labute approximate surface area is 176 Å². The molecule has 0 aliphatic heterocycles. The van der Waals surface area contributed by atoms with Crippen molar-refractivity contribution in [3.8, 4) is 28.7 Å². The van der Waals surface area contributed by atoms with E-state index in [4.69, 9.17) is 10.5 Å². The Morgan fingerprint density at radius 1 is 1.10 bits per heavy atom. The number of benzene rings is 1. The average molecular weight is 427 g/mol. The monoisotopic (exact) mass is 427 g/mol. The predicted octanol–water partition coefficient (Wildman–Crippen LogP) is 4.72. The maximum absolute atomic E-state index is 13.3. The number of hydrogen-bond acceptors (Lipinski definition) is 5. The third-order valence-electron chi connectivity index (χ3n) is 4.61. The van der Waals surface area contributed by atoms with E-state index in [2.05, 4.69) is 15.0 Å². The summed E-state index contributed by atoms with van der Waals surface area (Å²) < 4.78 is 47.3. The van der Waals surface area contributed by atoms with Gasteiger partial charge in [0.25, 0.3) is 0 Å². The SMILES string of the molecule is CC(C)Oc1nccc(-c2c(-c3cccc(C(F)(F)F)c3)nc3cc(CN)ccn23)n1. The Morgan fingerprint density at radius 2 is 1.90 bits per heavy atom. The zero-order chi connectivity index (χ0) is 22.2. The molecule has 4 aromatic rings. The van der Waals surface area contributed by atoms with Crippen molar-refractivity contribution in [3.63, 3.8) is 0 Å². The van der Waals surface area contributed by atoms with Gasteiger partial charge in [-0.25, -0.2) is 9.97 Å². The Balaban J connectivity index is 1.96. The number of rotatable bonds is 5. The van der Waals surface area contributed by atoms with Crippen molar-refractivity contribution in [2.75, 3.05) is 0 Å². The topological polar surface area (TPSA) is 78.3 Å². The van der Waals surface area contributed by atoms with E-state index < -0.39 is 11.7 Å². The smallest absolute Gasteiger partial charge is 0.416 e. The number of nitrogens with two attached hydrogens (primary N) is 1. The first-order valence-corrected chi connectivity index (χ1v) is 9.65. The summed E-state index contributed by atoms with van der Waals surface area (Å²) in [7, 11) is 0. The van der Waals surface area contributed by atoms with Crippen LogP contribution in [0, 0.1) is 0 Å². The third-order valence-corrected chi connectivity index (χ3v) is 4.61. The number of imidazole rings is 1. The minimum Gasteiger partial charge on any atom is -0.461 e. The van der Waals surface area contributed by atoms with Gasteiger partial charge in [0.05, 0.1) is 28.7 Å². The molecular weight excluding hydrogens is 407 g/mol. The molecule has 4 rings (SSSR count). The fourth-order valence-electron chi connectivity index (χ4n) is 3.24. The zero-order valence-electron chi connectivity index (χ0n) is 16.9. The molecule has 2 N–H and O–H groups in total. The van der Waals surface area contributed by atoms with Crippen LogP contribution in [-0.2, 0) is 12.7 Å². The van der Waals surface area contributed by atoms with Gasteiger partial charge in [-0.3, -0.25) is 4.40 Å². The first-order valence-electron chi connectivity index (χ1n) is 9.65. The summed E-state index contributed by atoms with van der Waals surface area (Å²) in [5.74, 6) is 0. The van der Waals surface area contributed by atoms with Gasteiger partial charge in [0, 0.05) is 24.5 Å². The van der Waals surface area contributed by atoms with Crippen LogP contribution < -0.4 is 10.5 Å². The standard InChI is InChI=1S/C22H20F3N5O/c1-13(2)31-21-27-8-6-17(28-21)20-19(15-4-3-5-16(11-15)22(23,24)25)29-18-10-14(12-26)7-9-30(18)20/h3-11,13H,12,26H2,1-2H3. The summed E-state index contributed by atoms with van der Waals surface area (Å²) in [6, 6.07) is 10.6. The third kappa shape index (κ3) is 4.22. The quantitative estimate of drug-likeness (QED) is 0.499. The number of aromatic nitrogens is 4. The van der Waals surface area contributed by atoms with Crippen molar-refractivity contribution in [2.24, 2.45) is 5.73 Å². The van der Waals surface area contributed by atoms with E-state index in [-0.39, 0.29) is 12.1 Å². The highest BCUT2D eigenvalue weighted by Crippen LogP contribution is 2.36. The number of hydrogen-bond donors (Lipinski definition) is 1. The normalized spacial score (nSPS) is 12.0. The van der Waals surface area contributed by atoms with Gasteiger partial charge in [-0.2, -0.15) is 18.2 Å². The van der Waals surface area contributed by atoms with Crippen molar-refractivity contribution < 1.29 is 17.9 Å². The van der Waals surface area contributed by atoms with Crippen LogP contribution in [0.15, 0.2) is 54.9 Å². The van der Waals surface area contributed by atoms with Crippen molar-refractivity contribution in [1.29, 1.82) is 0 Å². The molecule has 0 saturated carbocycles. The second-order valence-electron chi connectivity index (χ2n) is 7.25. The highest BCUT2D eigenvalue weighted by molar-refractivity contribution is 5.81. The molecule has 0 saturated heterocycles. The lowest BCUT2D eigenvalue weighted by atomic mass is 10.1. The molecule has 31 heavy (non-hydrogen) atoms. The van der Waals surface area contributed by atoms with Gasteiger partial charge < -0.3 is 10.5 Å². The van der Waals surface area contributed by atoms with Crippen molar-refractivity contribution in [3.05, 3.63) is 66.0 Å². The molecule has 6 nitrogen and oxygen atoms in total. The van der Waals surface area contributed by atoms with E-state index >= 15 is 0 Å². The molecule has 0 aliphatic rings. The fraction of sp³-hybridized carbons (Fsp3) is 0.227. The number of nitrogens with zero attached hydrogens (tertiary/aromatic N) is 4. The maximum atomic E-state index is 13.3. The number of ether oxygens (including phenoxy) is 1. The largest absolute Gasteiger partial charge is 0.461 e. The minimum absolute atomic E-state index is 0.132. The Bertz CT molecular complexity index is 1230. The number of fused-ring (bicyclic) bond motifs is 1. The van der Waals surface area contributed by atoms with Crippen molar-refractivity contribution in [2.45, 2.75) is 32.7 Å². The number of alkyl halides is 3. The van der Waals surface area contributed by atoms with Gasteiger partial charge in [0.2, 0.25) is 0 Å². The van der Waals surface area contributed by atoms with Crippen LogP contribution in [0.5, 0.6) is 6.01 Å². The summed E-state index contributed by atoms with van der Waals surface area (Å²) in [6.45, 7) is 4.02. The summed E-state index contributed by atoms with van der Waals surface area (Å²) in [5.41, 5.74) is 8.11. The molecule has 0 unspecified atom stereocenters. The lowest BCUT2D eigenvalue weighted by molar-refractivity contribution is -0.137. The predicted molar refractivity (Wildman–Crippen MR) is 110 cm³/mol. The molecule has 0 atom stereocenters. The second kappa shape index (κ2) is 7.99. The van der Waals surface area contributed by atoms with E-state index in [9.17, 15) is 13.2 Å². The second-order valence-corrected chi connectivity index (χ2v) is 7.25. The molecule has 0 radical (unpaired) electrons. The van der Waals surface area contributed by atoms with Crippen LogP contribution in [-0.4, -0.2) is 25.5 Å². The average Bonchev–Trinajstić information content (AvgIpc) is 3.11. The number of pyridine rings is 1. The van der Waals surface area contributed by atoms with Crippen LogP contribution in [0.3, 0.4) is 0 Å². The summed E-state index contributed by atoms with van der Waals surface area (Å²) >= 11 is 0. The lowest BCUT2D eigenvalue weighted by Gasteiger charge is -2.11. The van der Waals surface area contributed by atoms with Crippen LogP contribution in [0.1, 0.15) is 25.0 Å². The van der Waals surface area contributed by atoms with Crippen molar-refractivity contribution in [1.82, 2.24) is 19.4 Å². The first-order chi connectivity index (χ1) is 14.8. The molecule has 3 heterocycles. The Morgan fingerprint density at radius 3 is 2.61 bits per heavy atom. The van der Waals surface area contributed by atoms with Gasteiger partial charge in [-0.1, -0.05) is 12.1 Å². The van der Waals surface area contributed by atoms with Gasteiger partial charge in [0.1, 0.15) is 5.65 Å². The molecule has 160 valence electrons. The molecule has 0 aliphatic carbocycles. The van der Waals surface area contributed by atoms with Crippen LogP contribution in [0.4, 0.5) is 13.2 Å². The number of halogens is 3. The highest BCUT2D eigenvalue weighted by atomic mass is 19.4. The Kier molecular flexibility index (Phi) is 5.36. The molecule has 3 aromatic heterocycles.